The molecule has 1 heterocycles. The highest BCUT2D eigenvalue weighted by Gasteiger charge is 2.13. The van der Waals surface area contributed by atoms with E-state index in [-0.39, 0.29) is 23.0 Å². The van der Waals surface area contributed by atoms with Crippen molar-refractivity contribution in [1.82, 2.24) is 14.9 Å². The Bertz CT molecular complexity index is 1050. The third-order valence-corrected chi connectivity index (χ3v) is 5.53. The number of hydrogen-bond donors (Lipinski definition) is 1. The Morgan fingerprint density at radius 2 is 2.00 bits per heavy atom. The summed E-state index contributed by atoms with van der Waals surface area (Å²) in [7, 11) is 0. The number of carbonyl (C=O) groups is 1. The molecule has 1 amide bonds. The molecule has 1 aromatic heterocycles. The summed E-state index contributed by atoms with van der Waals surface area (Å²) in [5, 5.41) is 3.87. The predicted molar refractivity (Wildman–Crippen MR) is 113 cm³/mol. The Morgan fingerprint density at radius 1 is 1.25 bits per heavy atom. The molecule has 0 bridgehead atoms. The maximum atomic E-state index is 12.9. The van der Waals surface area contributed by atoms with Gasteiger partial charge in [-0.05, 0) is 42.3 Å². The van der Waals surface area contributed by atoms with Crippen molar-refractivity contribution < 1.29 is 9.18 Å². The minimum Gasteiger partial charge on any atom is -0.351 e. The van der Waals surface area contributed by atoms with E-state index in [0.29, 0.717) is 29.1 Å². The topological polar surface area (TPSA) is 64.0 Å². The van der Waals surface area contributed by atoms with Crippen LogP contribution in [0.25, 0.3) is 10.9 Å². The van der Waals surface area contributed by atoms with E-state index in [1.807, 2.05) is 13.0 Å². The van der Waals surface area contributed by atoms with Crippen LogP contribution in [-0.4, -0.2) is 21.2 Å². The quantitative estimate of drug-likeness (QED) is 0.422. The van der Waals surface area contributed by atoms with Crippen molar-refractivity contribution in [1.29, 1.82) is 0 Å². The van der Waals surface area contributed by atoms with E-state index in [1.54, 1.807) is 28.8 Å². The van der Waals surface area contributed by atoms with E-state index in [4.69, 9.17) is 0 Å². The Labute approximate surface area is 174 Å². The van der Waals surface area contributed by atoms with Crippen molar-refractivity contribution in [2.75, 3.05) is 5.75 Å². The number of nitrogens with one attached hydrogen (secondary N) is 1. The highest BCUT2D eigenvalue weighted by Crippen LogP contribution is 2.20. The molecular formula is C20H19BrFN3O2S. The van der Waals surface area contributed by atoms with Gasteiger partial charge in [-0.15, -0.1) is 0 Å². The van der Waals surface area contributed by atoms with Crippen LogP contribution in [0, 0.1) is 5.82 Å². The number of thioether (sulfide) groups is 1. The number of nitrogens with zero attached hydrogens (tertiary/aromatic N) is 2. The van der Waals surface area contributed by atoms with Gasteiger partial charge in [-0.1, -0.05) is 46.7 Å². The van der Waals surface area contributed by atoms with Gasteiger partial charge in [0.15, 0.2) is 5.16 Å². The average Bonchev–Trinajstić information content (AvgIpc) is 2.69. The molecule has 0 aliphatic heterocycles. The second kappa shape index (κ2) is 9.34. The lowest BCUT2D eigenvalue weighted by molar-refractivity contribution is -0.118. The first-order valence-electron chi connectivity index (χ1n) is 8.82. The van der Waals surface area contributed by atoms with Crippen LogP contribution >= 0.6 is 27.7 Å². The minimum atomic E-state index is -0.311. The molecule has 146 valence electrons. The van der Waals surface area contributed by atoms with Gasteiger partial charge in [-0.2, -0.15) is 0 Å². The number of hydrogen-bond acceptors (Lipinski definition) is 4. The summed E-state index contributed by atoms with van der Waals surface area (Å²) in [4.78, 5) is 29.6. The summed E-state index contributed by atoms with van der Waals surface area (Å²) in [5.41, 5.74) is 1.31. The molecule has 0 saturated heterocycles. The van der Waals surface area contributed by atoms with E-state index in [1.165, 1.54) is 23.9 Å². The largest absolute Gasteiger partial charge is 0.351 e. The molecule has 3 rings (SSSR count). The van der Waals surface area contributed by atoms with Crippen LogP contribution in [-0.2, 0) is 17.9 Å². The van der Waals surface area contributed by atoms with Crippen LogP contribution in [0.5, 0.6) is 0 Å². The molecule has 3 aromatic rings. The zero-order chi connectivity index (χ0) is 20.1. The van der Waals surface area contributed by atoms with Crippen LogP contribution in [0.1, 0.15) is 18.9 Å². The normalized spacial score (nSPS) is 11.0. The SMILES string of the molecule is CCCn1c(SCC(=O)NCc2ccc(F)cc2)nc2ccc(Br)cc2c1=O. The molecule has 8 heteroatoms. The zero-order valence-electron chi connectivity index (χ0n) is 15.2. The van der Waals surface area contributed by atoms with Crippen LogP contribution in [0.15, 0.2) is 56.9 Å². The minimum absolute atomic E-state index is 0.109. The van der Waals surface area contributed by atoms with Gasteiger partial charge in [-0.25, -0.2) is 9.37 Å². The molecule has 0 aliphatic rings. The van der Waals surface area contributed by atoms with E-state index in [9.17, 15) is 14.0 Å². The highest BCUT2D eigenvalue weighted by atomic mass is 79.9. The maximum absolute atomic E-state index is 12.9. The summed E-state index contributed by atoms with van der Waals surface area (Å²) in [5.74, 6) is -0.351. The van der Waals surface area contributed by atoms with Gasteiger partial charge in [0.1, 0.15) is 5.82 Å². The fourth-order valence-electron chi connectivity index (χ4n) is 2.69. The molecule has 0 unspecified atom stereocenters. The number of aromatic nitrogens is 2. The molecule has 0 spiro atoms. The molecule has 2 aromatic carbocycles. The van der Waals surface area contributed by atoms with E-state index >= 15 is 0 Å². The first-order chi connectivity index (χ1) is 13.5. The van der Waals surface area contributed by atoms with Gasteiger partial charge < -0.3 is 5.32 Å². The number of benzene rings is 2. The second-order valence-electron chi connectivity index (χ2n) is 6.20. The third-order valence-electron chi connectivity index (χ3n) is 4.06. The Kier molecular flexibility index (Phi) is 6.85. The molecule has 0 aliphatic carbocycles. The highest BCUT2D eigenvalue weighted by molar-refractivity contribution is 9.10. The molecular weight excluding hydrogens is 445 g/mol. The lowest BCUT2D eigenvalue weighted by Gasteiger charge is -2.12. The fraction of sp³-hybridized carbons (Fsp3) is 0.250. The van der Waals surface area contributed by atoms with Crippen LogP contribution in [0.3, 0.4) is 0 Å². The maximum Gasteiger partial charge on any atom is 0.262 e. The number of amides is 1. The first-order valence-corrected chi connectivity index (χ1v) is 10.6. The molecule has 0 saturated carbocycles. The van der Waals surface area contributed by atoms with Gasteiger partial charge in [0.25, 0.3) is 5.56 Å². The van der Waals surface area contributed by atoms with Crippen LogP contribution in [0.4, 0.5) is 4.39 Å². The third kappa shape index (κ3) is 4.99. The van der Waals surface area contributed by atoms with E-state index in [2.05, 4.69) is 26.2 Å². The summed E-state index contributed by atoms with van der Waals surface area (Å²) in [6.45, 7) is 2.84. The molecule has 1 N–H and O–H groups in total. The molecule has 0 fully saturated rings. The summed E-state index contributed by atoms with van der Waals surface area (Å²) < 4.78 is 15.4. The Balaban J connectivity index is 1.72. The fourth-order valence-corrected chi connectivity index (χ4v) is 3.90. The molecule has 5 nitrogen and oxygen atoms in total. The van der Waals surface area contributed by atoms with Crippen molar-refractivity contribution in [2.45, 2.75) is 31.6 Å². The number of fused-ring (bicyclic) bond motifs is 1. The monoisotopic (exact) mass is 463 g/mol. The summed E-state index contributed by atoms with van der Waals surface area (Å²) in [6.07, 6.45) is 0.783. The second-order valence-corrected chi connectivity index (χ2v) is 8.06. The van der Waals surface area contributed by atoms with Crippen molar-refractivity contribution in [3.63, 3.8) is 0 Å². The van der Waals surface area contributed by atoms with Gasteiger partial charge >= 0.3 is 0 Å². The van der Waals surface area contributed by atoms with Crippen molar-refractivity contribution in [3.05, 3.63) is 68.7 Å². The Morgan fingerprint density at radius 3 is 2.71 bits per heavy atom. The number of halogens is 2. The zero-order valence-corrected chi connectivity index (χ0v) is 17.6. The van der Waals surface area contributed by atoms with Crippen molar-refractivity contribution in [2.24, 2.45) is 0 Å². The smallest absolute Gasteiger partial charge is 0.262 e. The van der Waals surface area contributed by atoms with Gasteiger partial charge in [0.05, 0.1) is 16.7 Å². The average molecular weight is 464 g/mol. The number of rotatable bonds is 7. The molecule has 0 radical (unpaired) electrons. The number of carbonyl (C=O) groups excluding carboxylic acids is 1. The van der Waals surface area contributed by atoms with E-state index < -0.39 is 0 Å². The van der Waals surface area contributed by atoms with Gasteiger partial charge in [-0.3, -0.25) is 14.2 Å². The molecule has 0 atom stereocenters. The van der Waals surface area contributed by atoms with Gasteiger partial charge in [0.2, 0.25) is 5.91 Å². The van der Waals surface area contributed by atoms with Crippen molar-refractivity contribution in [3.8, 4) is 0 Å². The molecule has 28 heavy (non-hydrogen) atoms. The predicted octanol–water partition coefficient (Wildman–Crippen LogP) is 4.12. The van der Waals surface area contributed by atoms with E-state index in [0.717, 1.165) is 16.5 Å². The lowest BCUT2D eigenvalue weighted by atomic mass is 10.2. The first kappa shape index (κ1) is 20.5. The summed E-state index contributed by atoms with van der Waals surface area (Å²) >= 11 is 4.62. The Hall–Kier alpha value is -2.19. The van der Waals surface area contributed by atoms with Crippen LogP contribution in [0.2, 0.25) is 0 Å². The van der Waals surface area contributed by atoms with Gasteiger partial charge in [0, 0.05) is 17.6 Å². The van der Waals surface area contributed by atoms with Crippen molar-refractivity contribution >= 4 is 44.5 Å². The lowest BCUT2D eigenvalue weighted by Crippen LogP contribution is -2.26. The van der Waals surface area contributed by atoms with Crippen LogP contribution < -0.4 is 10.9 Å². The summed E-state index contributed by atoms with van der Waals surface area (Å²) in [6, 6.07) is 11.4. The standard InChI is InChI=1S/C20H19BrFN3O2S/c1-2-9-25-19(27)16-10-14(21)5-8-17(16)24-20(25)28-12-18(26)23-11-13-3-6-15(22)7-4-13/h3-8,10H,2,9,11-12H2,1H3,(H,23,26).